The molecule has 1 aromatic rings. The summed E-state index contributed by atoms with van der Waals surface area (Å²) in [4.78, 5) is 12.2. The minimum Gasteiger partial charge on any atom is -0.472 e. The van der Waals surface area contributed by atoms with Gasteiger partial charge >= 0.3 is 5.97 Å². The van der Waals surface area contributed by atoms with Crippen LogP contribution in [0.3, 0.4) is 0 Å². The fraction of sp³-hybridized carbons (Fsp3) is 0.640. The SMILES string of the molecule is CC=C(C)C(=O)OCC1C(O)CCC2C(C)(CCc3ccoc3)C(C)=CCC12C. The highest BCUT2D eigenvalue weighted by Gasteiger charge is 2.56. The lowest BCUT2D eigenvalue weighted by Gasteiger charge is -2.58. The fourth-order valence-electron chi connectivity index (χ4n) is 5.70. The summed E-state index contributed by atoms with van der Waals surface area (Å²) in [7, 11) is 0. The van der Waals surface area contributed by atoms with Gasteiger partial charge in [-0.05, 0) is 81.3 Å². The van der Waals surface area contributed by atoms with E-state index in [9.17, 15) is 9.90 Å². The normalized spacial score (nSPS) is 35.0. The van der Waals surface area contributed by atoms with E-state index in [1.54, 1.807) is 19.3 Å². The van der Waals surface area contributed by atoms with Crippen molar-refractivity contribution in [2.75, 3.05) is 6.61 Å². The average molecular weight is 401 g/mol. The van der Waals surface area contributed by atoms with E-state index in [2.05, 4.69) is 26.8 Å². The molecule has 160 valence electrons. The van der Waals surface area contributed by atoms with Crippen molar-refractivity contribution in [2.24, 2.45) is 22.7 Å². The standard InChI is InChI=1S/C25H36O4/c1-6-17(2)23(27)29-16-20-21(26)7-8-22-24(4,13-10-19-11-14-28-15-19)18(3)9-12-25(20,22)5/h6,9,11,14-15,20-22,26H,7-8,10,12-13,16H2,1-5H3. The Kier molecular flexibility index (Phi) is 6.42. The van der Waals surface area contributed by atoms with Crippen LogP contribution >= 0.6 is 0 Å². The average Bonchev–Trinajstić information content (AvgIpc) is 3.22. The molecule has 29 heavy (non-hydrogen) atoms. The van der Waals surface area contributed by atoms with E-state index >= 15 is 0 Å². The number of carbonyl (C=O) groups is 1. The van der Waals surface area contributed by atoms with Gasteiger partial charge in [0.05, 0.1) is 25.2 Å². The zero-order valence-corrected chi connectivity index (χ0v) is 18.5. The molecule has 1 fully saturated rings. The van der Waals surface area contributed by atoms with Crippen molar-refractivity contribution in [1.82, 2.24) is 0 Å². The predicted molar refractivity (Wildman–Crippen MR) is 114 cm³/mol. The van der Waals surface area contributed by atoms with Crippen LogP contribution in [0.25, 0.3) is 0 Å². The number of fused-ring (bicyclic) bond motifs is 1. The van der Waals surface area contributed by atoms with Crippen molar-refractivity contribution in [3.63, 3.8) is 0 Å². The number of hydrogen-bond acceptors (Lipinski definition) is 4. The molecule has 0 bridgehead atoms. The van der Waals surface area contributed by atoms with E-state index in [4.69, 9.17) is 9.15 Å². The Morgan fingerprint density at radius 2 is 2.14 bits per heavy atom. The number of carbonyl (C=O) groups excluding carboxylic acids is 1. The summed E-state index contributed by atoms with van der Waals surface area (Å²) in [6.45, 7) is 10.8. The lowest BCUT2D eigenvalue weighted by Crippen LogP contribution is -2.55. The second kappa shape index (κ2) is 8.51. The van der Waals surface area contributed by atoms with Crippen molar-refractivity contribution in [3.8, 4) is 0 Å². The molecule has 4 nitrogen and oxygen atoms in total. The van der Waals surface area contributed by atoms with Crippen LogP contribution in [0.1, 0.15) is 65.9 Å². The van der Waals surface area contributed by atoms with Gasteiger partial charge in [0.25, 0.3) is 0 Å². The van der Waals surface area contributed by atoms with Crippen LogP contribution in [0.2, 0.25) is 0 Å². The molecule has 0 radical (unpaired) electrons. The Morgan fingerprint density at radius 3 is 2.79 bits per heavy atom. The van der Waals surface area contributed by atoms with Crippen molar-refractivity contribution in [3.05, 3.63) is 47.5 Å². The van der Waals surface area contributed by atoms with Gasteiger partial charge in [-0.25, -0.2) is 4.79 Å². The fourth-order valence-corrected chi connectivity index (χ4v) is 5.70. The van der Waals surface area contributed by atoms with Crippen LogP contribution in [0, 0.1) is 22.7 Å². The number of allylic oxidation sites excluding steroid dienone is 3. The van der Waals surface area contributed by atoms with Crippen molar-refractivity contribution in [2.45, 2.75) is 72.8 Å². The molecular weight excluding hydrogens is 364 g/mol. The zero-order valence-electron chi connectivity index (χ0n) is 18.5. The first-order valence-corrected chi connectivity index (χ1v) is 10.9. The minimum atomic E-state index is -0.431. The molecule has 0 spiro atoms. The molecule has 5 atom stereocenters. The van der Waals surface area contributed by atoms with Gasteiger partial charge in [-0.2, -0.15) is 0 Å². The quantitative estimate of drug-likeness (QED) is 0.391. The molecule has 5 unspecified atom stereocenters. The van der Waals surface area contributed by atoms with Crippen molar-refractivity contribution in [1.29, 1.82) is 0 Å². The van der Waals surface area contributed by atoms with E-state index in [0.29, 0.717) is 11.5 Å². The molecule has 2 aliphatic carbocycles. The highest BCUT2D eigenvalue weighted by Crippen LogP contribution is 2.61. The van der Waals surface area contributed by atoms with Crippen LogP contribution in [0.15, 0.2) is 46.3 Å². The molecule has 3 rings (SSSR count). The van der Waals surface area contributed by atoms with Gasteiger partial charge in [-0.1, -0.05) is 31.6 Å². The van der Waals surface area contributed by atoms with Crippen LogP contribution in [0.4, 0.5) is 0 Å². The lowest BCUT2D eigenvalue weighted by molar-refractivity contribution is -0.153. The first-order valence-electron chi connectivity index (χ1n) is 10.9. The first-order chi connectivity index (χ1) is 13.7. The molecule has 1 saturated carbocycles. The third-order valence-corrected chi connectivity index (χ3v) is 8.04. The van der Waals surface area contributed by atoms with Crippen LogP contribution in [0.5, 0.6) is 0 Å². The van der Waals surface area contributed by atoms with Gasteiger partial charge in [-0.15, -0.1) is 0 Å². The Morgan fingerprint density at radius 1 is 1.38 bits per heavy atom. The molecule has 0 amide bonds. The third kappa shape index (κ3) is 4.09. The Labute approximate surface area is 175 Å². The van der Waals surface area contributed by atoms with E-state index in [-0.39, 0.29) is 29.3 Å². The molecule has 1 N–H and O–H groups in total. The number of rotatable bonds is 6. The second-order valence-corrected chi connectivity index (χ2v) is 9.52. The van der Waals surface area contributed by atoms with Gasteiger partial charge in [0, 0.05) is 11.5 Å². The minimum absolute atomic E-state index is 0.0487. The summed E-state index contributed by atoms with van der Waals surface area (Å²) in [5, 5.41) is 10.9. The molecule has 1 aromatic heterocycles. The van der Waals surface area contributed by atoms with E-state index in [1.165, 1.54) is 11.1 Å². The Hall–Kier alpha value is -1.81. The Bertz CT molecular complexity index is 775. The third-order valence-electron chi connectivity index (χ3n) is 8.04. The predicted octanol–water partition coefficient (Wildman–Crippen LogP) is 5.47. The number of ether oxygens (including phenoxy) is 1. The van der Waals surface area contributed by atoms with Crippen molar-refractivity contribution < 1.29 is 19.1 Å². The number of aliphatic hydroxyl groups is 1. The number of aryl methyl sites for hydroxylation is 1. The van der Waals surface area contributed by atoms with Crippen LogP contribution in [-0.4, -0.2) is 23.8 Å². The summed E-state index contributed by atoms with van der Waals surface area (Å²) in [6, 6.07) is 2.04. The van der Waals surface area contributed by atoms with E-state index < -0.39 is 6.10 Å². The molecular formula is C25H36O4. The highest BCUT2D eigenvalue weighted by molar-refractivity contribution is 5.87. The summed E-state index contributed by atoms with van der Waals surface area (Å²) < 4.78 is 10.9. The Balaban J connectivity index is 1.82. The monoisotopic (exact) mass is 400 g/mol. The molecule has 0 aromatic carbocycles. The molecule has 2 aliphatic rings. The van der Waals surface area contributed by atoms with Crippen molar-refractivity contribution >= 4 is 5.97 Å². The number of furan rings is 1. The molecule has 0 aliphatic heterocycles. The molecule has 1 heterocycles. The van der Waals surface area contributed by atoms with Crippen LogP contribution < -0.4 is 0 Å². The van der Waals surface area contributed by atoms with Gasteiger partial charge < -0.3 is 14.3 Å². The number of aliphatic hydroxyl groups excluding tert-OH is 1. The second-order valence-electron chi connectivity index (χ2n) is 9.52. The summed E-state index contributed by atoms with van der Waals surface area (Å²) in [5.41, 5.74) is 3.26. The maximum Gasteiger partial charge on any atom is 0.333 e. The van der Waals surface area contributed by atoms with Gasteiger partial charge in [-0.3, -0.25) is 0 Å². The number of esters is 1. The van der Waals surface area contributed by atoms with E-state index in [1.807, 2.05) is 19.3 Å². The first kappa shape index (κ1) is 21.9. The highest BCUT2D eigenvalue weighted by atomic mass is 16.5. The molecule has 0 saturated heterocycles. The molecule has 4 heteroatoms. The topological polar surface area (TPSA) is 59.7 Å². The summed E-state index contributed by atoms with van der Waals surface area (Å²) in [5.74, 6) is 0.116. The zero-order chi connectivity index (χ0) is 21.2. The maximum absolute atomic E-state index is 12.2. The smallest absolute Gasteiger partial charge is 0.333 e. The largest absolute Gasteiger partial charge is 0.472 e. The van der Waals surface area contributed by atoms with Gasteiger partial charge in [0.15, 0.2) is 0 Å². The van der Waals surface area contributed by atoms with E-state index in [0.717, 1.165) is 32.1 Å². The summed E-state index contributed by atoms with van der Waals surface area (Å²) in [6.07, 6.45) is 12.0. The lowest BCUT2D eigenvalue weighted by atomic mass is 9.47. The number of hydrogen-bond donors (Lipinski definition) is 1. The maximum atomic E-state index is 12.2. The summed E-state index contributed by atoms with van der Waals surface area (Å²) >= 11 is 0. The van der Waals surface area contributed by atoms with Gasteiger partial charge in [0.1, 0.15) is 0 Å². The van der Waals surface area contributed by atoms with Crippen LogP contribution in [-0.2, 0) is 16.0 Å². The van der Waals surface area contributed by atoms with Gasteiger partial charge in [0.2, 0.25) is 0 Å².